The number of halogens is 3. The van der Waals surface area contributed by atoms with Crippen molar-refractivity contribution in [2.24, 2.45) is 0 Å². The largest absolute Gasteiger partial charge is 0.508 e. The van der Waals surface area contributed by atoms with Crippen LogP contribution in [-0.4, -0.2) is 11.0 Å². The molecule has 1 atom stereocenters. The molecule has 0 aliphatic rings. The highest BCUT2D eigenvalue weighted by atomic mass is 19.4. The van der Waals surface area contributed by atoms with Gasteiger partial charge in [-0.25, -0.2) is 0 Å². The molecule has 2 N–H and O–H groups in total. The van der Waals surface area contributed by atoms with Crippen molar-refractivity contribution in [2.75, 3.05) is 0 Å². The van der Waals surface area contributed by atoms with Crippen LogP contribution in [0.2, 0.25) is 0 Å². The maximum Gasteiger partial charge on any atom is 0.416 e. The third-order valence-corrected chi connectivity index (χ3v) is 4.02. The van der Waals surface area contributed by atoms with E-state index in [4.69, 9.17) is 4.42 Å². The van der Waals surface area contributed by atoms with E-state index in [1.807, 2.05) is 0 Å². The molecule has 0 fully saturated rings. The van der Waals surface area contributed by atoms with Gasteiger partial charge in [-0.2, -0.15) is 13.2 Å². The highest BCUT2D eigenvalue weighted by Crippen LogP contribution is 2.32. The maximum absolute atomic E-state index is 12.8. The van der Waals surface area contributed by atoms with E-state index in [0.717, 1.165) is 12.1 Å². The van der Waals surface area contributed by atoms with Gasteiger partial charge in [0.25, 0.3) is 5.91 Å². The van der Waals surface area contributed by atoms with Crippen molar-refractivity contribution in [1.82, 2.24) is 5.32 Å². The van der Waals surface area contributed by atoms with Crippen LogP contribution in [0.1, 0.15) is 34.6 Å². The fourth-order valence-electron chi connectivity index (χ4n) is 2.61. The Morgan fingerprint density at radius 2 is 1.81 bits per heavy atom. The number of phenolic OH excluding ortho intramolecular Hbond substituents is 1. The zero-order chi connectivity index (χ0) is 19.6. The number of hydrogen-bond acceptors (Lipinski definition) is 3. The molecule has 0 spiro atoms. The van der Waals surface area contributed by atoms with Gasteiger partial charge in [-0.1, -0.05) is 24.3 Å². The average molecular weight is 375 g/mol. The molecule has 7 heteroatoms. The second-order valence-electron chi connectivity index (χ2n) is 6.03. The summed E-state index contributed by atoms with van der Waals surface area (Å²) in [6.45, 7) is 1.74. The molecule has 0 saturated heterocycles. The Morgan fingerprint density at radius 1 is 1.07 bits per heavy atom. The number of carbonyl (C=O) groups excluding carboxylic acids is 1. The molecule has 3 rings (SSSR count). The van der Waals surface area contributed by atoms with Gasteiger partial charge in [-0.15, -0.1) is 0 Å². The Hall–Kier alpha value is -3.22. The summed E-state index contributed by atoms with van der Waals surface area (Å²) in [5.74, 6) is -0.284. The lowest BCUT2D eigenvalue weighted by atomic mass is 10.1. The number of rotatable bonds is 4. The molecule has 3 aromatic rings. The molecule has 0 radical (unpaired) electrons. The molecular formula is C20H16F3NO3. The van der Waals surface area contributed by atoms with Crippen LogP contribution in [0.15, 0.2) is 65.1 Å². The van der Waals surface area contributed by atoms with E-state index in [-0.39, 0.29) is 22.8 Å². The summed E-state index contributed by atoms with van der Waals surface area (Å²) in [5, 5.41) is 12.2. The fourth-order valence-corrected chi connectivity index (χ4v) is 2.61. The number of furan rings is 1. The monoisotopic (exact) mass is 375 g/mol. The molecule has 27 heavy (non-hydrogen) atoms. The summed E-state index contributed by atoms with van der Waals surface area (Å²) in [6, 6.07) is 13.6. The highest BCUT2D eigenvalue weighted by molar-refractivity contribution is 5.92. The molecule has 0 bridgehead atoms. The Morgan fingerprint density at radius 3 is 2.52 bits per heavy atom. The quantitative estimate of drug-likeness (QED) is 0.662. The van der Waals surface area contributed by atoms with Crippen LogP contribution in [0.4, 0.5) is 13.2 Å². The molecule has 0 saturated carbocycles. The van der Waals surface area contributed by atoms with Gasteiger partial charge in [0.1, 0.15) is 11.5 Å². The minimum Gasteiger partial charge on any atom is -0.508 e. The smallest absolute Gasteiger partial charge is 0.416 e. The van der Waals surface area contributed by atoms with Crippen LogP contribution in [0.5, 0.6) is 5.75 Å². The molecule has 1 amide bonds. The number of carbonyl (C=O) groups is 1. The van der Waals surface area contributed by atoms with Crippen molar-refractivity contribution in [1.29, 1.82) is 0 Å². The lowest BCUT2D eigenvalue weighted by molar-refractivity contribution is -0.137. The summed E-state index contributed by atoms with van der Waals surface area (Å²) in [5.41, 5.74) is 0.137. The Balaban J connectivity index is 1.76. The number of nitrogens with one attached hydrogen (secondary N) is 1. The lowest BCUT2D eigenvalue weighted by Crippen LogP contribution is -2.26. The van der Waals surface area contributed by atoms with Gasteiger partial charge in [-0.05, 0) is 48.9 Å². The van der Waals surface area contributed by atoms with Gasteiger partial charge in [0.15, 0.2) is 5.76 Å². The fraction of sp³-hybridized carbons (Fsp3) is 0.150. The Kier molecular flexibility index (Phi) is 4.94. The first-order valence-electron chi connectivity index (χ1n) is 8.11. The standard InChI is InChI=1S/C20H16F3NO3/c1-12(13-4-3-7-16(25)11-13)24-19(26)18-9-8-17(27-18)14-5-2-6-15(10-14)20(21,22)23/h2-12,25H,1H3,(H,24,26). The van der Waals surface area contributed by atoms with Gasteiger partial charge in [0.05, 0.1) is 11.6 Å². The van der Waals surface area contributed by atoms with Crippen molar-refractivity contribution < 1.29 is 27.5 Å². The summed E-state index contributed by atoms with van der Waals surface area (Å²) >= 11 is 0. The first kappa shape index (κ1) is 18.6. The van der Waals surface area contributed by atoms with E-state index in [0.29, 0.717) is 5.56 Å². The van der Waals surface area contributed by atoms with Crippen LogP contribution in [0, 0.1) is 0 Å². The van der Waals surface area contributed by atoms with Crippen LogP contribution in [0.3, 0.4) is 0 Å². The normalized spacial score (nSPS) is 12.6. The van der Waals surface area contributed by atoms with Gasteiger partial charge in [-0.3, -0.25) is 4.79 Å². The summed E-state index contributed by atoms with van der Waals surface area (Å²) in [7, 11) is 0. The predicted octanol–water partition coefficient (Wildman–Crippen LogP) is 5.16. The van der Waals surface area contributed by atoms with E-state index in [1.54, 1.807) is 19.1 Å². The van der Waals surface area contributed by atoms with Crippen molar-refractivity contribution in [3.05, 3.63) is 77.6 Å². The van der Waals surface area contributed by atoms with Crippen molar-refractivity contribution in [3.63, 3.8) is 0 Å². The second kappa shape index (κ2) is 7.19. The molecule has 1 heterocycles. The van der Waals surface area contributed by atoms with Gasteiger partial charge in [0, 0.05) is 5.56 Å². The van der Waals surface area contributed by atoms with E-state index >= 15 is 0 Å². The van der Waals surface area contributed by atoms with Gasteiger partial charge in [0.2, 0.25) is 0 Å². The summed E-state index contributed by atoms with van der Waals surface area (Å²) in [6.07, 6.45) is -4.46. The van der Waals surface area contributed by atoms with E-state index < -0.39 is 23.7 Å². The third-order valence-electron chi connectivity index (χ3n) is 4.02. The molecule has 0 aliphatic carbocycles. The van der Waals surface area contributed by atoms with E-state index in [9.17, 15) is 23.1 Å². The van der Waals surface area contributed by atoms with Crippen LogP contribution < -0.4 is 5.32 Å². The lowest BCUT2D eigenvalue weighted by Gasteiger charge is -2.13. The average Bonchev–Trinajstić information content (AvgIpc) is 3.11. The SMILES string of the molecule is CC(NC(=O)c1ccc(-c2cccc(C(F)(F)F)c2)o1)c1cccc(O)c1. The Labute approximate surface area is 153 Å². The van der Waals surface area contributed by atoms with Crippen molar-refractivity contribution in [3.8, 4) is 17.1 Å². The zero-order valence-corrected chi connectivity index (χ0v) is 14.2. The van der Waals surface area contributed by atoms with Crippen molar-refractivity contribution >= 4 is 5.91 Å². The zero-order valence-electron chi connectivity index (χ0n) is 14.2. The van der Waals surface area contributed by atoms with E-state index in [2.05, 4.69) is 5.32 Å². The number of hydrogen-bond donors (Lipinski definition) is 2. The van der Waals surface area contributed by atoms with Crippen LogP contribution in [-0.2, 0) is 6.18 Å². The number of phenols is 1. The first-order chi connectivity index (χ1) is 12.7. The summed E-state index contributed by atoms with van der Waals surface area (Å²) in [4.78, 5) is 12.3. The minimum absolute atomic E-state index is 0.0191. The number of aromatic hydroxyl groups is 1. The predicted molar refractivity (Wildman–Crippen MR) is 93.1 cm³/mol. The molecule has 4 nitrogen and oxygen atoms in total. The minimum atomic E-state index is -4.46. The number of benzene rings is 2. The molecule has 1 aromatic heterocycles. The number of alkyl halides is 3. The molecule has 140 valence electrons. The summed E-state index contributed by atoms with van der Waals surface area (Å²) < 4.78 is 43.9. The maximum atomic E-state index is 12.8. The van der Waals surface area contributed by atoms with E-state index in [1.165, 1.54) is 36.4 Å². The highest BCUT2D eigenvalue weighted by Gasteiger charge is 2.30. The molecule has 2 aromatic carbocycles. The van der Waals surface area contributed by atoms with Gasteiger partial charge < -0.3 is 14.8 Å². The molecule has 1 unspecified atom stereocenters. The third kappa shape index (κ3) is 4.31. The van der Waals surface area contributed by atoms with Crippen LogP contribution in [0.25, 0.3) is 11.3 Å². The molecule has 0 aliphatic heterocycles. The molecular weight excluding hydrogens is 359 g/mol. The Bertz CT molecular complexity index is 963. The first-order valence-corrected chi connectivity index (χ1v) is 8.11. The topological polar surface area (TPSA) is 62.5 Å². The van der Waals surface area contributed by atoms with Crippen LogP contribution >= 0.6 is 0 Å². The second-order valence-corrected chi connectivity index (χ2v) is 6.03. The van der Waals surface area contributed by atoms with Crippen molar-refractivity contribution in [2.45, 2.75) is 19.1 Å². The number of amides is 1. The van der Waals surface area contributed by atoms with Gasteiger partial charge >= 0.3 is 6.18 Å².